The third-order valence-electron chi connectivity index (χ3n) is 5.99. The molecule has 0 radical (unpaired) electrons. The van der Waals surface area contributed by atoms with E-state index in [-0.39, 0.29) is 17.8 Å². The summed E-state index contributed by atoms with van der Waals surface area (Å²) in [7, 11) is -1.50. The lowest BCUT2D eigenvalue weighted by Gasteiger charge is -2.14. The Balaban J connectivity index is 1.53. The third-order valence-corrected chi connectivity index (χ3v) is 7.80. The maximum Gasteiger partial charge on any atom is 0.258 e. The minimum Gasteiger partial charge on any atom is -0.490 e. The number of aromatic nitrogens is 2. The fourth-order valence-electron chi connectivity index (χ4n) is 4.26. The molecule has 0 amide bonds. The molecule has 0 aliphatic heterocycles. The van der Waals surface area contributed by atoms with Crippen molar-refractivity contribution in [3.05, 3.63) is 53.1 Å². The molecule has 0 saturated heterocycles. The second kappa shape index (κ2) is 11.2. The quantitative estimate of drug-likeness (QED) is 0.263. The molecule has 2 aromatic carbocycles. The van der Waals surface area contributed by atoms with Gasteiger partial charge in [-0.05, 0) is 69.0 Å². The molecule has 0 saturated carbocycles. The molecule has 1 aliphatic carbocycles. The summed E-state index contributed by atoms with van der Waals surface area (Å²) in [6.07, 6.45) is 1.60. The fourth-order valence-corrected chi connectivity index (χ4v) is 5.95. The first-order valence-corrected chi connectivity index (χ1v) is 14.3. The Morgan fingerprint density at radius 2 is 2.14 bits per heavy atom. The van der Waals surface area contributed by atoms with E-state index in [4.69, 9.17) is 9.26 Å². The molecule has 1 aliphatic rings. The van der Waals surface area contributed by atoms with Gasteiger partial charge in [0.25, 0.3) is 5.89 Å². The molecule has 4 rings (SSSR count). The maximum absolute atomic E-state index is 12.3. The lowest BCUT2D eigenvalue weighted by Crippen LogP contribution is -2.32. The Morgan fingerprint density at radius 3 is 2.86 bits per heavy atom. The Kier molecular flexibility index (Phi) is 8.29. The van der Waals surface area contributed by atoms with Gasteiger partial charge >= 0.3 is 0 Å². The highest BCUT2D eigenvalue weighted by Crippen LogP contribution is 2.38. The van der Waals surface area contributed by atoms with E-state index in [1.165, 1.54) is 0 Å². The van der Waals surface area contributed by atoms with Crippen molar-refractivity contribution < 1.29 is 17.7 Å². The second-order valence-electron chi connectivity index (χ2n) is 9.02. The van der Waals surface area contributed by atoms with Crippen molar-refractivity contribution in [1.82, 2.24) is 18.0 Å². The fraction of sp³-hybridized carbons (Fsp3) is 0.400. The molecule has 190 valence electrons. The summed E-state index contributed by atoms with van der Waals surface area (Å²) < 4.78 is 40.5. The minimum absolute atomic E-state index is 0.0463. The van der Waals surface area contributed by atoms with E-state index in [9.17, 15) is 13.7 Å². The number of rotatable bonds is 10. The van der Waals surface area contributed by atoms with Crippen molar-refractivity contribution >= 4 is 32.9 Å². The zero-order valence-electron chi connectivity index (χ0n) is 20.4. The zero-order valence-corrected chi connectivity index (χ0v) is 23.3. The van der Waals surface area contributed by atoms with Gasteiger partial charge in [-0.3, -0.25) is 0 Å². The molecule has 0 spiro atoms. The Morgan fingerprint density at radius 1 is 1.33 bits per heavy atom. The van der Waals surface area contributed by atoms with Gasteiger partial charge in [-0.1, -0.05) is 23.4 Å². The third kappa shape index (κ3) is 6.23. The highest BCUT2D eigenvalue weighted by Gasteiger charge is 2.28. The number of fused-ring (bicyclic) bond motifs is 1. The Hall–Kier alpha value is -2.53. The van der Waals surface area contributed by atoms with Gasteiger partial charge in [-0.2, -0.15) is 10.2 Å². The van der Waals surface area contributed by atoms with E-state index >= 15 is 0 Å². The van der Waals surface area contributed by atoms with Gasteiger partial charge in [0.1, 0.15) is 11.8 Å². The van der Waals surface area contributed by atoms with E-state index in [2.05, 4.69) is 43.8 Å². The maximum atomic E-state index is 12.3. The molecule has 1 atom stereocenters. The minimum atomic E-state index is -3.34. The van der Waals surface area contributed by atoms with Crippen LogP contribution in [-0.2, 0) is 16.4 Å². The smallest absolute Gasteiger partial charge is 0.258 e. The van der Waals surface area contributed by atoms with Crippen molar-refractivity contribution in [3.63, 3.8) is 0 Å². The lowest BCUT2D eigenvalue weighted by atomic mass is 9.98. The van der Waals surface area contributed by atoms with Crippen molar-refractivity contribution in [2.45, 2.75) is 38.7 Å². The number of hydrogen-bond donors (Lipinski definition) is 1. The molecule has 36 heavy (non-hydrogen) atoms. The number of nitrogens with one attached hydrogen (secondary N) is 1. The number of sulfonamides is 1. The van der Waals surface area contributed by atoms with Crippen LogP contribution in [0, 0.1) is 11.3 Å². The van der Waals surface area contributed by atoms with Gasteiger partial charge in [0, 0.05) is 47.1 Å². The number of benzene rings is 2. The van der Waals surface area contributed by atoms with Crippen LogP contribution in [0.25, 0.3) is 22.8 Å². The number of nitriles is 1. The number of ether oxygens (including phenoxy) is 1. The van der Waals surface area contributed by atoms with Gasteiger partial charge in [0.15, 0.2) is 0 Å². The molecule has 3 aromatic rings. The van der Waals surface area contributed by atoms with Gasteiger partial charge in [-0.15, -0.1) is 0 Å². The second-order valence-corrected chi connectivity index (χ2v) is 12.6. The molecular formula is C25H28IN5O4S. The standard InChI is InChI=1S/C25H28IN5O4S/c1-16(2)34-23-10-8-17(13-19(23)14-27)25-29-24(30-35-25)22-6-4-5-20-18(7-9-21(20)22)15-28-36(32,33)12-11-31(3)26/h4-6,8,10,13,16,18,28H,7,9,11-12,15H2,1-3H3/t18-/m1/s1. The van der Waals surface area contributed by atoms with Crippen LogP contribution < -0.4 is 9.46 Å². The molecule has 1 aromatic heterocycles. The van der Waals surface area contributed by atoms with Crippen molar-refractivity contribution in [2.75, 3.05) is 25.9 Å². The molecule has 0 fully saturated rings. The van der Waals surface area contributed by atoms with Crippen molar-refractivity contribution in [2.24, 2.45) is 0 Å². The summed E-state index contributed by atoms with van der Waals surface area (Å²) in [5, 5.41) is 13.7. The summed E-state index contributed by atoms with van der Waals surface area (Å²) in [6, 6.07) is 13.3. The monoisotopic (exact) mass is 621 g/mol. The lowest BCUT2D eigenvalue weighted by molar-refractivity contribution is 0.241. The predicted octanol–water partition coefficient (Wildman–Crippen LogP) is 4.29. The van der Waals surface area contributed by atoms with Crippen LogP contribution in [0.15, 0.2) is 40.9 Å². The van der Waals surface area contributed by atoms with Crippen LogP contribution in [-0.4, -0.2) is 53.7 Å². The van der Waals surface area contributed by atoms with Crippen LogP contribution in [0.3, 0.4) is 0 Å². The van der Waals surface area contributed by atoms with Crippen LogP contribution in [0.1, 0.15) is 42.9 Å². The predicted molar refractivity (Wildman–Crippen MR) is 145 cm³/mol. The van der Waals surface area contributed by atoms with E-state index < -0.39 is 10.0 Å². The Labute approximate surface area is 225 Å². The SMILES string of the molecule is CC(C)Oc1ccc(-c2nc(-c3cccc4c3CC[C@@H]4CNS(=O)(=O)CCN(C)I)no2)cc1C#N. The highest BCUT2D eigenvalue weighted by atomic mass is 127. The number of halogens is 1. The first-order chi connectivity index (χ1) is 17.2. The normalized spacial score (nSPS) is 15.3. The summed E-state index contributed by atoms with van der Waals surface area (Å²) in [6.45, 7) is 4.64. The largest absolute Gasteiger partial charge is 0.490 e. The Bertz CT molecular complexity index is 1380. The van der Waals surface area contributed by atoms with Crippen molar-refractivity contribution in [3.8, 4) is 34.7 Å². The van der Waals surface area contributed by atoms with Gasteiger partial charge in [0.2, 0.25) is 15.8 Å². The van der Waals surface area contributed by atoms with Gasteiger partial charge in [0.05, 0.1) is 17.4 Å². The highest BCUT2D eigenvalue weighted by molar-refractivity contribution is 14.1. The van der Waals surface area contributed by atoms with E-state index in [1.807, 2.05) is 42.2 Å². The van der Waals surface area contributed by atoms with Gasteiger partial charge < -0.3 is 9.26 Å². The molecule has 11 heteroatoms. The summed E-state index contributed by atoms with van der Waals surface area (Å²) >= 11 is 2.07. The van der Waals surface area contributed by atoms with Crippen LogP contribution in [0.2, 0.25) is 0 Å². The first-order valence-electron chi connectivity index (χ1n) is 11.7. The zero-order chi connectivity index (χ0) is 25.9. The van der Waals surface area contributed by atoms with Gasteiger partial charge in [-0.25, -0.2) is 16.3 Å². The van der Waals surface area contributed by atoms with Crippen LogP contribution >= 0.6 is 22.9 Å². The van der Waals surface area contributed by atoms with E-state index in [1.54, 1.807) is 18.2 Å². The van der Waals surface area contributed by atoms with Crippen molar-refractivity contribution in [1.29, 1.82) is 5.26 Å². The van der Waals surface area contributed by atoms with E-state index in [0.29, 0.717) is 41.7 Å². The molecular weight excluding hydrogens is 593 g/mol. The molecule has 1 N–H and O–H groups in total. The average Bonchev–Trinajstić information content (AvgIpc) is 3.49. The summed E-state index contributed by atoms with van der Waals surface area (Å²) in [5.41, 5.74) is 4.13. The molecule has 0 bridgehead atoms. The number of hydrogen-bond acceptors (Lipinski definition) is 8. The first kappa shape index (κ1) is 26.5. The molecule has 9 nitrogen and oxygen atoms in total. The molecule has 0 unspecified atom stereocenters. The van der Waals surface area contributed by atoms with Crippen LogP contribution in [0.4, 0.5) is 0 Å². The average molecular weight is 622 g/mol. The molecule has 1 heterocycles. The van der Waals surface area contributed by atoms with E-state index in [0.717, 1.165) is 29.5 Å². The topological polar surface area (TPSA) is 121 Å². The van der Waals surface area contributed by atoms with Crippen LogP contribution in [0.5, 0.6) is 5.75 Å². The summed E-state index contributed by atoms with van der Waals surface area (Å²) in [4.78, 5) is 4.60. The summed E-state index contributed by atoms with van der Waals surface area (Å²) in [5.74, 6) is 1.45. The number of nitrogens with zero attached hydrogens (tertiary/aromatic N) is 4.